The number of piperazine rings is 1. The lowest BCUT2D eigenvalue weighted by molar-refractivity contribution is -0.143. The number of amides is 3. The Kier molecular flexibility index (Phi) is 6.83. The highest BCUT2D eigenvalue weighted by molar-refractivity contribution is 5.81. The number of hydrogen-bond acceptors (Lipinski definition) is 2. The normalized spacial score (nSPS) is 22.1. The minimum atomic E-state index is -4.98. The average Bonchev–Trinajstić information content (AvgIpc) is 3.52. The summed E-state index contributed by atoms with van der Waals surface area (Å²) in [6, 6.07) is 5.10. The lowest BCUT2D eigenvalue weighted by atomic mass is 9.89. The fraction of sp³-hybridized carbons (Fsp3) is 0.500. The van der Waals surface area contributed by atoms with Crippen LogP contribution in [0.15, 0.2) is 36.4 Å². The molecule has 0 aromatic heterocycles. The number of urea groups is 1. The topological polar surface area (TPSA) is 43.9 Å². The smallest absolute Gasteiger partial charge is 0.335 e. The van der Waals surface area contributed by atoms with E-state index in [4.69, 9.17) is 0 Å². The molecule has 11 heteroatoms. The van der Waals surface area contributed by atoms with Gasteiger partial charge in [0.15, 0.2) is 0 Å². The Labute approximate surface area is 222 Å². The zero-order valence-electron chi connectivity index (χ0n) is 21.6. The lowest BCUT2D eigenvalue weighted by Crippen LogP contribution is -2.57. The van der Waals surface area contributed by atoms with Crippen LogP contribution in [0.3, 0.4) is 0 Å². The summed E-state index contributed by atoms with van der Waals surface area (Å²) in [6.07, 6.45) is -6.28. The van der Waals surface area contributed by atoms with Crippen molar-refractivity contribution in [2.45, 2.75) is 69.5 Å². The SMILES string of the molecule is CC(c1cc(C(F)(F)F)cc(C(F)(F)F)c1)N(C)C(=O)N1CCN2C(=O)CCC2C1c1cccc2c1CCC2. The Morgan fingerprint density at radius 3 is 2.28 bits per heavy atom. The van der Waals surface area contributed by atoms with Crippen LogP contribution in [0.1, 0.15) is 71.7 Å². The number of hydrogen-bond donors (Lipinski definition) is 0. The van der Waals surface area contributed by atoms with Crippen LogP contribution in [-0.4, -0.2) is 52.8 Å². The van der Waals surface area contributed by atoms with E-state index in [0.717, 1.165) is 30.4 Å². The van der Waals surface area contributed by atoms with Crippen molar-refractivity contribution in [2.75, 3.05) is 20.1 Å². The summed E-state index contributed by atoms with van der Waals surface area (Å²) in [5, 5.41) is 0. The molecule has 0 spiro atoms. The predicted octanol–water partition coefficient (Wildman–Crippen LogP) is 6.37. The van der Waals surface area contributed by atoms with Crippen LogP contribution in [-0.2, 0) is 30.0 Å². The monoisotopic (exact) mass is 553 g/mol. The van der Waals surface area contributed by atoms with E-state index >= 15 is 0 Å². The standard InChI is InChI=1S/C28H29F6N3O2/c1-16(18-13-19(27(29,30)31)15-20(14-18)28(32,33)34)35(2)26(39)37-12-11-36-23(9-10-24(36)38)25(37)22-8-4-6-17-5-3-7-21(17)22/h4,6,8,13-16,23,25H,3,5,7,9-12H2,1-2H3. The van der Waals surface area contributed by atoms with Gasteiger partial charge in [-0.25, -0.2) is 4.79 Å². The molecule has 3 atom stereocenters. The summed E-state index contributed by atoms with van der Waals surface area (Å²) in [4.78, 5) is 31.1. The molecule has 5 rings (SSSR count). The Hall–Kier alpha value is -3.24. The molecule has 2 saturated heterocycles. The molecular weight excluding hydrogens is 524 g/mol. The van der Waals surface area contributed by atoms with Crippen LogP contribution >= 0.6 is 0 Å². The van der Waals surface area contributed by atoms with Crippen molar-refractivity contribution in [3.8, 4) is 0 Å². The summed E-state index contributed by atoms with van der Waals surface area (Å²) < 4.78 is 80.8. The zero-order chi connectivity index (χ0) is 28.3. The van der Waals surface area contributed by atoms with Crippen molar-refractivity contribution in [3.63, 3.8) is 0 Å². The van der Waals surface area contributed by atoms with Gasteiger partial charge in [0.1, 0.15) is 0 Å². The molecule has 3 unspecified atom stereocenters. The highest BCUT2D eigenvalue weighted by atomic mass is 19.4. The molecule has 0 bridgehead atoms. The third-order valence-electron chi connectivity index (χ3n) is 8.38. The Morgan fingerprint density at radius 1 is 0.974 bits per heavy atom. The van der Waals surface area contributed by atoms with E-state index in [9.17, 15) is 35.9 Å². The third kappa shape index (κ3) is 4.96. The number of nitrogens with zero attached hydrogens (tertiary/aromatic N) is 3. The molecule has 39 heavy (non-hydrogen) atoms. The van der Waals surface area contributed by atoms with Gasteiger partial charge >= 0.3 is 18.4 Å². The molecule has 2 aromatic carbocycles. The van der Waals surface area contributed by atoms with Gasteiger partial charge in [-0.1, -0.05) is 18.2 Å². The van der Waals surface area contributed by atoms with E-state index in [-0.39, 0.29) is 30.1 Å². The molecule has 2 heterocycles. The number of alkyl halides is 6. The summed E-state index contributed by atoms with van der Waals surface area (Å²) in [5.41, 5.74) is 0.213. The molecule has 5 nitrogen and oxygen atoms in total. The first-order chi connectivity index (χ1) is 18.3. The van der Waals surface area contributed by atoms with E-state index in [1.807, 2.05) is 12.1 Å². The molecule has 3 aliphatic rings. The molecule has 1 aliphatic carbocycles. The van der Waals surface area contributed by atoms with Gasteiger partial charge in [0.2, 0.25) is 5.91 Å². The summed E-state index contributed by atoms with van der Waals surface area (Å²) >= 11 is 0. The highest BCUT2D eigenvalue weighted by Crippen LogP contribution is 2.43. The summed E-state index contributed by atoms with van der Waals surface area (Å²) in [7, 11) is 1.39. The zero-order valence-corrected chi connectivity index (χ0v) is 21.6. The predicted molar refractivity (Wildman–Crippen MR) is 131 cm³/mol. The number of aryl methyl sites for hydroxylation is 1. The number of rotatable bonds is 3. The molecule has 2 aromatic rings. The highest BCUT2D eigenvalue weighted by Gasteiger charge is 2.47. The summed E-state index contributed by atoms with van der Waals surface area (Å²) in [6.45, 7) is 1.95. The molecule has 0 saturated carbocycles. The Bertz CT molecular complexity index is 1260. The van der Waals surface area contributed by atoms with Gasteiger partial charge in [-0.15, -0.1) is 0 Å². The van der Waals surface area contributed by atoms with E-state index < -0.39 is 41.6 Å². The molecular formula is C28H29F6N3O2. The van der Waals surface area contributed by atoms with Crippen LogP contribution in [0.25, 0.3) is 0 Å². The van der Waals surface area contributed by atoms with Crippen LogP contribution in [0.5, 0.6) is 0 Å². The maximum Gasteiger partial charge on any atom is 0.416 e. The number of fused-ring (bicyclic) bond motifs is 2. The fourth-order valence-corrected chi connectivity index (χ4v) is 6.27. The Balaban J connectivity index is 1.50. The molecule has 210 valence electrons. The molecule has 3 amide bonds. The molecule has 2 aliphatic heterocycles. The quantitative estimate of drug-likeness (QED) is 0.415. The van der Waals surface area contributed by atoms with Crippen LogP contribution in [0.2, 0.25) is 0 Å². The second-order valence-electron chi connectivity index (χ2n) is 10.6. The van der Waals surface area contributed by atoms with E-state index in [0.29, 0.717) is 31.5 Å². The lowest BCUT2D eigenvalue weighted by Gasteiger charge is -2.47. The Morgan fingerprint density at radius 2 is 1.64 bits per heavy atom. The first kappa shape index (κ1) is 27.3. The number of carbonyl (C=O) groups excluding carboxylic acids is 2. The van der Waals surface area contributed by atoms with Crippen molar-refractivity contribution < 1.29 is 35.9 Å². The van der Waals surface area contributed by atoms with E-state index in [2.05, 4.69) is 6.07 Å². The maximum absolute atomic E-state index is 13.9. The van der Waals surface area contributed by atoms with Crippen LogP contribution < -0.4 is 0 Å². The second kappa shape index (κ2) is 9.75. The van der Waals surface area contributed by atoms with Gasteiger partial charge in [0.25, 0.3) is 0 Å². The van der Waals surface area contributed by atoms with Crippen molar-refractivity contribution in [1.82, 2.24) is 14.7 Å². The van der Waals surface area contributed by atoms with Crippen molar-refractivity contribution >= 4 is 11.9 Å². The first-order valence-electron chi connectivity index (χ1n) is 13.0. The largest absolute Gasteiger partial charge is 0.416 e. The minimum Gasteiger partial charge on any atom is -0.335 e. The van der Waals surface area contributed by atoms with Crippen molar-refractivity contribution in [1.29, 1.82) is 0 Å². The second-order valence-corrected chi connectivity index (χ2v) is 10.6. The summed E-state index contributed by atoms with van der Waals surface area (Å²) in [5.74, 6) is 0.0232. The van der Waals surface area contributed by atoms with Gasteiger partial charge in [0.05, 0.1) is 29.3 Å². The maximum atomic E-state index is 13.9. The number of carbonyl (C=O) groups is 2. The van der Waals surface area contributed by atoms with Gasteiger partial charge in [0, 0.05) is 26.6 Å². The fourth-order valence-electron chi connectivity index (χ4n) is 6.27. The van der Waals surface area contributed by atoms with Crippen molar-refractivity contribution in [2.24, 2.45) is 0 Å². The third-order valence-corrected chi connectivity index (χ3v) is 8.38. The van der Waals surface area contributed by atoms with Gasteiger partial charge in [-0.05, 0) is 73.1 Å². The van der Waals surface area contributed by atoms with Gasteiger partial charge in [-0.3, -0.25) is 4.79 Å². The van der Waals surface area contributed by atoms with E-state index in [1.165, 1.54) is 24.4 Å². The van der Waals surface area contributed by atoms with Crippen molar-refractivity contribution in [3.05, 3.63) is 69.8 Å². The molecule has 0 N–H and O–H groups in total. The number of benzene rings is 2. The van der Waals surface area contributed by atoms with E-state index in [1.54, 1.807) is 9.80 Å². The van der Waals surface area contributed by atoms with Gasteiger partial charge < -0.3 is 14.7 Å². The van der Waals surface area contributed by atoms with Gasteiger partial charge in [-0.2, -0.15) is 26.3 Å². The molecule has 0 radical (unpaired) electrons. The number of halogens is 6. The van der Waals surface area contributed by atoms with Crippen LogP contribution in [0.4, 0.5) is 31.1 Å². The van der Waals surface area contributed by atoms with Crippen LogP contribution in [0, 0.1) is 0 Å². The first-order valence-corrected chi connectivity index (χ1v) is 13.0. The minimum absolute atomic E-state index is 0.0232. The molecule has 2 fully saturated rings. The average molecular weight is 554 g/mol.